The first-order chi connectivity index (χ1) is 6.33. The SMILES string of the molecule is CCC=CCCOC1CCC(=O)O1. The minimum absolute atomic E-state index is 0.144. The van der Waals surface area contributed by atoms with Crippen molar-refractivity contribution in [1.82, 2.24) is 0 Å². The van der Waals surface area contributed by atoms with Crippen LogP contribution in [0.3, 0.4) is 0 Å². The zero-order valence-electron chi connectivity index (χ0n) is 7.99. The second kappa shape index (κ2) is 5.75. The highest BCUT2D eigenvalue weighted by Gasteiger charge is 2.23. The standard InChI is InChI=1S/C10H16O3/c1-2-3-4-5-8-12-10-7-6-9(11)13-10/h3-4,10H,2,5-8H2,1H3. The molecular formula is C10H16O3. The molecule has 0 bridgehead atoms. The number of rotatable bonds is 5. The van der Waals surface area contributed by atoms with E-state index >= 15 is 0 Å². The van der Waals surface area contributed by atoms with E-state index in [1.54, 1.807) is 0 Å². The molecule has 0 saturated carbocycles. The molecule has 0 radical (unpaired) electrons. The van der Waals surface area contributed by atoms with Crippen molar-refractivity contribution >= 4 is 5.97 Å². The zero-order valence-corrected chi connectivity index (χ0v) is 7.99. The predicted octanol–water partition coefficient (Wildman–Crippen LogP) is 2.02. The molecule has 0 aromatic carbocycles. The van der Waals surface area contributed by atoms with Crippen LogP contribution in [0.1, 0.15) is 32.6 Å². The average Bonchev–Trinajstić information content (AvgIpc) is 2.51. The van der Waals surface area contributed by atoms with Gasteiger partial charge in [-0.25, -0.2) is 0 Å². The van der Waals surface area contributed by atoms with Gasteiger partial charge in [-0.1, -0.05) is 19.1 Å². The summed E-state index contributed by atoms with van der Waals surface area (Å²) >= 11 is 0. The van der Waals surface area contributed by atoms with Crippen molar-refractivity contribution in [2.45, 2.75) is 38.9 Å². The van der Waals surface area contributed by atoms with Gasteiger partial charge in [0.25, 0.3) is 0 Å². The van der Waals surface area contributed by atoms with Crippen molar-refractivity contribution in [3.8, 4) is 0 Å². The Bertz CT molecular complexity index is 187. The highest BCUT2D eigenvalue weighted by atomic mass is 16.7. The molecular weight excluding hydrogens is 168 g/mol. The van der Waals surface area contributed by atoms with E-state index in [2.05, 4.69) is 19.1 Å². The lowest BCUT2D eigenvalue weighted by Gasteiger charge is -2.08. The number of esters is 1. The van der Waals surface area contributed by atoms with E-state index in [9.17, 15) is 4.79 Å². The van der Waals surface area contributed by atoms with Crippen LogP contribution in [0.5, 0.6) is 0 Å². The molecule has 1 fully saturated rings. The van der Waals surface area contributed by atoms with Crippen molar-refractivity contribution in [1.29, 1.82) is 0 Å². The van der Waals surface area contributed by atoms with Crippen molar-refractivity contribution in [2.75, 3.05) is 6.61 Å². The summed E-state index contributed by atoms with van der Waals surface area (Å²) in [6.45, 7) is 2.73. The third-order valence-corrected chi connectivity index (χ3v) is 1.84. The molecule has 13 heavy (non-hydrogen) atoms. The Morgan fingerprint density at radius 1 is 1.62 bits per heavy atom. The van der Waals surface area contributed by atoms with Gasteiger partial charge in [0, 0.05) is 6.42 Å². The molecule has 3 nitrogen and oxygen atoms in total. The summed E-state index contributed by atoms with van der Waals surface area (Å²) in [5.41, 5.74) is 0. The zero-order chi connectivity index (χ0) is 9.52. The topological polar surface area (TPSA) is 35.5 Å². The monoisotopic (exact) mass is 184 g/mol. The van der Waals surface area contributed by atoms with Crippen molar-refractivity contribution in [3.05, 3.63) is 12.2 Å². The fraction of sp³-hybridized carbons (Fsp3) is 0.700. The third-order valence-electron chi connectivity index (χ3n) is 1.84. The maximum atomic E-state index is 10.7. The number of allylic oxidation sites excluding steroid dienone is 1. The molecule has 0 aromatic rings. The van der Waals surface area contributed by atoms with Crippen LogP contribution in [0.2, 0.25) is 0 Å². The van der Waals surface area contributed by atoms with Gasteiger partial charge in [0.15, 0.2) is 0 Å². The largest absolute Gasteiger partial charge is 0.436 e. The fourth-order valence-corrected chi connectivity index (χ4v) is 1.17. The van der Waals surface area contributed by atoms with E-state index in [0.717, 1.165) is 12.8 Å². The van der Waals surface area contributed by atoms with Crippen LogP contribution in [-0.2, 0) is 14.3 Å². The Morgan fingerprint density at radius 2 is 2.46 bits per heavy atom. The summed E-state index contributed by atoms with van der Waals surface area (Å²) in [5.74, 6) is -0.144. The van der Waals surface area contributed by atoms with Crippen LogP contribution < -0.4 is 0 Å². The lowest BCUT2D eigenvalue weighted by molar-refractivity contribution is -0.162. The summed E-state index contributed by atoms with van der Waals surface area (Å²) in [6.07, 6.45) is 7.04. The highest BCUT2D eigenvalue weighted by molar-refractivity contribution is 5.71. The molecule has 1 rings (SSSR count). The molecule has 0 spiro atoms. The van der Waals surface area contributed by atoms with E-state index < -0.39 is 0 Å². The van der Waals surface area contributed by atoms with Crippen LogP contribution in [0.15, 0.2) is 12.2 Å². The molecule has 74 valence electrons. The molecule has 1 aliphatic heterocycles. The van der Waals surface area contributed by atoms with Crippen LogP contribution in [0.4, 0.5) is 0 Å². The van der Waals surface area contributed by atoms with Gasteiger partial charge >= 0.3 is 5.97 Å². The number of hydrogen-bond donors (Lipinski definition) is 0. The van der Waals surface area contributed by atoms with E-state index in [4.69, 9.17) is 9.47 Å². The van der Waals surface area contributed by atoms with Gasteiger partial charge in [0.2, 0.25) is 6.29 Å². The van der Waals surface area contributed by atoms with Gasteiger partial charge in [-0.15, -0.1) is 0 Å². The molecule has 1 aliphatic rings. The third kappa shape index (κ3) is 4.08. The lowest BCUT2D eigenvalue weighted by atomic mass is 10.3. The first kappa shape index (κ1) is 10.3. The van der Waals surface area contributed by atoms with E-state index in [1.807, 2.05) is 0 Å². The first-order valence-corrected chi connectivity index (χ1v) is 4.79. The van der Waals surface area contributed by atoms with Gasteiger partial charge in [-0.05, 0) is 12.8 Å². The molecule has 0 aliphatic carbocycles. The summed E-state index contributed by atoms with van der Waals surface area (Å²) in [5, 5.41) is 0. The van der Waals surface area contributed by atoms with Gasteiger partial charge in [0.1, 0.15) is 0 Å². The van der Waals surface area contributed by atoms with E-state index in [-0.39, 0.29) is 12.3 Å². The second-order valence-corrected chi connectivity index (χ2v) is 3.00. The molecule has 1 heterocycles. The Balaban J connectivity index is 2.00. The van der Waals surface area contributed by atoms with Crippen LogP contribution in [-0.4, -0.2) is 18.9 Å². The van der Waals surface area contributed by atoms with Crippen LogP contribution in [0, 0.1) is 0 Å². The average molecular weight is 184 g/mol. The highest BCUT2D eigenvalue weighted by Crippen LogP contribution is 2.14. The van der Waals surface area contributed by atoms with Gasteiger partial charge in [-0.3, -0.25) is 4.79 Å². The molecule has 1 unspecified atom stereocenters. The van der Waals surface area contributed by atoms with E-state index in [1.165, 1.54) is 0 Å². The maximum Gasteiger partial charge on any atom is 0.308 e. The van der Waals surface area contributed by atoms with Crippen molar-refractivity contribution in [2.24, 2.45) is 0 Å². The van der Waals surface area contributed by atoms with Gasteiger partial charge in [-0.2, -0.15) is 0 Å². The van der Waals surface area contributed by atoms with Crippen molar-refractivity contribution < 1.29 is 14.3 Å². The minimum Gasteiger partial charge on any atom is -0.436 e. The summed E-state index contributed by atoms with van der Waals surface area (Å²) in [7, 11) is 0. The number of hydrogen-bond acceptors (Lipinski definition) is 3. The summed E-state index contributed by atoms with van der Waals surface area (Å²) < 4.78 is 10.2. The molecule has 1 saturated heterocycles. The predicted molar refractivity (Wildman–Crippen MR) is 49.1 cm³/mol. The Labute approximate surface area is 78.7 Å². The fourth-order valence-electron chi connectivity index (χ4n) is 1.17. The molecule has 0 amide bonds. The number of carbonyl (C=O) groups excluding carboxylic acids is 1. The van der Waals surface area contributed by atoms with Crippen molar-refractivity contribution in [3.63, 3.8) is 0 Å². The van der Waals surface area contributed by atoms with Gasteiger partial charge in [0.05, 0.1) is 13.0 Å². The van der Waals surface area contributed by atoms with Crippen LogP contribution >= 0.6 is 0 Å². The summed E-state index contributed by atoms with van der Waals surface area (Å²) in [4.78, 5) is 10.7. The Kier molecular flexibility index (Phi) is 4.54. The first-order valence-electron chi connectivity index (χ1n) is 4.79. The number of carbonyl (C=O) groups is 1. The normalized spacial score (nSPS) is 22.5. The van der Waals surface area contributed by atoms with Gasteiger partial charge < -0.3 is 9.47 Å². The molecule has 0 aromatic heterocycles. The van der Waals surface area contributed by atoms with Crippen LogP contribution in [0.25, 0.3) is 0 Å². The maximum absolute atomic E-state index is 10.7. The van der Waals surface area contributed by atoms with E-state index in [0.29, 0.717) is 19.4 Å². The second-order valence-electron chi connectivity index (χ2n) is 3.00. The molecule has 0 N–H and O–H groups in total. The Hall–Kier alpha value is -0.830. The quantitative estimate of drug-likeness (QED) is 0.372. The smallest absolute Gasteiger partial charge is 0.308 e. The minimum atomic E-state index is -0.289. The lowest BCUT2D eigenvalue weighted by Crippen LogP contribution is -2.12. The Morgan fingerprint density at radius 3 is 3.08 bits per heavy atom. The molecule has 3 heteroatoms. The number of cyclic esters (lactones) is 1. The number of ether oxygens (including phenoxy) is 2. The summed E-state index contributed by atoms with van der Waals surface area (Å²) in [6, 6.07) is 0. The molecule has 1 atom stereocenters.